The molecule has 0 aliphatic carbocycles. The minimum atomic E-state index is -0.436. The molecular weight excluding hydrogens is 537 g/mol. The van der Waals surface area contributed by atoms with Crippen molar-refractivity contribution >= 4 is 17.5 Å². The third kappa shape index (κ3) is 6.49. The van der Waals surface area contributed by atoms with E-state index in [0.29, 0.717) is 29.8 Å². The zero-order valence-electron chi connectivity index (χ0n) is 23.7. The zero-order chi connectivity index (χ0) is 29.6. The van der Waals surface area contributed by atoms with E-state index in [9.17, 15) is 14.0 Å². The van der Waals surface area contributed by atoms with Crippen molar-refractivity contribution in [3.8, 4) is 0 Å². The smallest absolute Gasteiger partial charge is 0.256 e. The van der Waals surface area contributed by atoms with Gasteiger partial charge in [0.2, 0.25) is 0 Å². The Morgan fingerprint density at radius 3 is 2.12 bits per heavy atom. The van der Waals surface area contributed by atoms with Gasteiger partial charge in [0.15, 0.2) is 0 Å². The van der Waals surface area contributed by atoms with Crippen molar-refractivity contribution in [1.82, 2.24) is 9.80 Å². The summed E-state index contributed by atoms with van der Waals surface area (Å²) in [7, 11) is 0. The van der Waals surface area contributed by atoms with Crippen LogP contribution in [0.4, 0.5) is 10.1 Å². The highest BCUT2D eigenvalue weighted by Crippen LogP contribution is 2.35. The lowest BCUT2D eigenvalue weighted by Crippen LogP contribution is -2.33. The number of anilines is 1. The van der Waals surface area contributed by atoms with Crippen molar-refractivity contribution in [2.24, 2.45) is 0 Å². The van der Waals surface area contributed by atoms with Crippen LogP contribution in [-0.2, 0) is 19.5 Å². The van der Waals surface area contributed by atoms with Crippen LogP contribution in [0.1, 0.15) is 49.1 Å². The summed E-state index contributed by atoms with van der Waals surface area (Å²) in [6, 6.07) is 41.4. The highest BCUT2D eigenvalue weighted by molar-refractivity contribution is 5.99. The van der Waals surface area contributed by atoms with Crippen LogP contribution in [0.2, 0.25) is 0 Å². The first-order chi connectivity index (χ1) is 21.0. The molecule has 214 valence electrons. The second kappa shape index (κ2) is 12.7. The average molecular weight is 570 g/mol. The molecule has 5 aromatic carbocycles. The Kier molecular flexibility index (Phi) is 8.27. The first-order valence-corrected chi connectivity index (χ1v) is 14.4. The highest BCUT2D eigenvalue weighted by atomic mass is 19.1. The minimum Gasteiger partial charge on any atom is -0.361 e. The Hall–Kier alpha value is -5.23. The number of carbonyl (C=O) groups excluding carboxylic acids is 2. The third-order valence-electron chi connectivity index (χ3n) is 7.75. The van der Waals surface area contributed by atoms with Crippen LogP contribution >= 0.6 is 0 Å². The average Bonchev–Trinajstić information content (AvgIpc) is 3.30. The lowest BCUT2D eigenvalue weighted by molar-refractivity contribution is 0.0726. The van der Waals surface area contributed by atoms with Crippen LogP contribution in [0.25, 0.3) is 0 Å². The van der Waals surface area contributed by atoms with Crippen molar-refractivity contribution in [2.45, 2.75) is 25.7 Å². The molecule has 5 nitrogen and oxygen atoms in total. The first-order valence-electron chi connectivity index (χ1n) is 14.4. The molecule has 1 aliphatic rings. The first kappa shape index (κ1) is 27.9. The summed E-state index contributed by atoms with van der Waals surface area (Å²) in [5.41, 5.74) is 5.82. The Bertz CT molecular complexity index is 1710. The monoisotopic (exact) mass is 569 g/mol. The lowest BCUT2D eigenvalue weighted by Gasteiger charge is -2.27. The summed E-state index contributed by atoms with van der Waals surface area (Å²) < 4.78 is 13.9. The molecular formula is C37H32FN3O2. The van der Waals surface area contributed by atoms with Crippen LogP contribution in [0.15, 0.2) is 133 Å². The summed E-state index contributed by atoms with van der Waals surface area (Å²) in [6.45, 7) is 1.37. The Labute approximate surface area is 251 Å². The van der Waals surface area contributed by atoms with E-state index in [1.807, 2.05) is 108 Å². The molecule has 0 bridgehead atoms. The molecule has 1 unspecified atom stereocenters. The maximum Gasteiger partial charge on any atom is 0.256 e. The summed E-state index contributed by atoms with van der Waals surface area (Å²) >= 11 is 0. The van der Waals surface area contributed by atoms with Crippen LogP contribution in [0.5, 0.6) is 0 Å². The number of amides is 2. The second-order valence-corrected chi connectivity index (χ2v) is 10.7. The molecule has 0 fully saturated rings. The molecule has 43 heavy (non-hydrogen) atoms. The Morgan fingerprint density at radius 1 is 0.744 bits per heavy atom. The van der Waals surface area contributed by atoms with E-state index in [1.165, 1.54) is 17.7 Å². The van der Waals surface area contributed by atoms with Crippen molar-refractivity contribution in [3.05, 3.63) is 173 Å². The molecule has 5 aromatic rings. The molecule has 1 heterocycles. The van der Waals surface area contributed by atoms with Crippen LogP contribution < -0.4 is 5.32 Å². The fraction of sp³-hybridized carbons (Fsp3) is 0.135. The summed E-state index contributed by atoms with van der Waals surface area (Å²) in [5.74, 6) is -0.490. The van der Waals surface area contributed by atoms with Gasteiger partial charge in [-0.15, -0.1) is 0 Å². The van der Waals surface area contributed by atoms with Gasteiger partial charge in [0.05, 0.1) is 0 Å². The number of carbonyl (C=O) groups is 2. The SMILES string of the molecule is O=C(c1ccc(NC2c3ccccc3C(=O)N2Cc2cccc(F)c2)cc1)N(CCc1ccccc1)Cc1ccccc1. The molecule has 1 N–H and O–H groups in total. The molecule has 0 saturated carbocycles. The van der Waals surface area contributed by atoms with Crippen molar-refractivity contribution in [3.63, 3.8) is 0 Å². The molecule has 2 amide bonds. The van der Waals surface area contributed by atoms with Gasteiger partial charge in [0.25, 0.3) is 11.8 Å². The van der Waals surface area contributed by atoms with Crippen molar-refractivity contribution < 1.29 is 14.0 Å². The number of nitrogens with one attached hydrogen (secondary N) is 1. The fourth-order valence-electron chi connectivity index (χ4n) is 5.54. The van der Waals surface area contributed by atoms with E-state index in [0.717, 1.165) is 23.2 Å². The van der Waals surface area contributed by atoms with E-state index in [4.69, 9.17) is 0 Å². The predicted octanol–water partition coefficient (Wildman–Crippen LogP) is 7.48. The number of benzene rings is 5. The summed E-state index contributed by atoms with van der Waals surface area (Å²) in [6.07, 6.45) is 0.323. The van der Waals surface area contributed by atoms with Crippen LogP contribution in [0, 0.1) is 5.82 Å². The third-order valence-corrected chi connectivity index (χ3v) is 7.75. The molecule has 0 saturated heterocycles. The van der Waals surface area contributed by atoms with Gasteiger partial charge in [0, 0.05) is 42.0 Å². The number of hydrogen-bond donors (Lipinski definition) is 1. The molecule has 1 aliphatic heterocycles. The van der Waals surface area contributed by atoms with E-state index < -0.39 is 6.17 Å². The molecule has 0 aromatic heterocycles. The van der Waals surface area contributed by atoms with Gasteiger partial charge in [0.1, 0.15) is 12.0 Å². The van der Waals surface area contributed by atoms with Gasteiger partial charge >= 0.3 is 0 Å². The van der Waals surface area contributed by atoms with Gasteiger partial charge in [-0.25, -0.2) is 4.39 Å². The van der Waals surface area contributed by atoms with Gasteiger partial charge in [-0.1, -0.05) is 91.0 Å². The Morgan fingerprint density at radius 2 is 1.40 bits per heavy atom. The number of hydrogen-bond acceptors (Lipinski definition) is 3. The van der Waals surface area contributed by atoms with Gasteiger partial charge in [-0.3, -0.25) is 9.59 Å². The van der Waals surface area contributed by atoms with Crippen molar-refractivity contribution in [2.75, 3.05) is 11.9 Å². The van der Waals surface area contributed by atoms with E-state index in [1.54, 1.807) is 11.0 Å². The highest BCUT2D eigenvalue weighted by Gasteiger charge is 2.36. The molecule has 1 atom stereocenters. The van der Waals surface area contributed by atoms with Gasteiger partial charge < -0.3 is 15.1 Å². The molecule has 0 spiro atoms. The molecule has 6 heteroatoms. The number of fused-ring (bicyclic) bond motifs is 1. The van der Waals surface area contributed by atoms with Gasteiger partial charge in [-0.05, 0) is 65.6 Å². The predicted molar refractivity (Wildman–Crippen MR) is 167 cm³/mol. The summed E-state index contributed by atoms with van der Waals surface area (Å²) in [5, 5.41) is 3.48. The maximum absolute atomic E-state index is 13.9. The van der Waals surface area contributed by atoms with Gasteiger partial charge in [-0.2, -0.15) is 0 Å². The fourth-order valence-corrected chi connectivity index (χ4v) is 5.54. The summed E-state index contributed by atoms with van der Waals surface area (Å²) in [4.78, 5) is 30.7. The lowest BCUT2D eigenvalue weighted by atomic mass is 10.1. The Balaban J connectivity index is 1.21. The van der Waals surface area contributed by atoms with Crippen molar-refractivity contribution in [1.29, 1.82) is 0 Å². The van der Waals surface area contributed by atoms with E-state index in [-0.39, 0.29) is 24.2 Å². The standard InChI is InChI=1S/C37H32FN3O2/c38-31-15-9-14-29(24-31)26-41-35(33-16-7-8-17-34(33)37(41)43)39-32-20-18-30(19-21-32)36(42)40(25-28-12-5-2-6-13-28)23-22-27-10-3-1-4-11-27/h1-21,24,35,39H,22-23,25-26H2. The number of nitrogens with zero attached hydrogens (tertiary/aromatic N) is 2. The number of rotatable bonds is 10. The minimum absolute atomic E-state index is 0.0412. The van der Waals surface area contributed by atoms with E-state index >= 15 is 0 Å². The molecule has 0 radical (unpaired) electrons. The largest absolute Gasteiger partial charge is 0.361 e. The second-order valence-electron chi connectivity index (χ2n) is 10.7. The van der Waals surface area contributed by atoms with Crippen LogP contribution in [-0.4, -0.2) is 28.2 Å². The maximum atomic E-state index is 13.9. The topological polar surface area (TPSA) is 52.7 Å². The normalized spacial score (nSPS) is 13.9. The molecule has 6 rings (SSSR count). The zero-order valence-corrected chi connectivity index (χ0v) is 23.7. The number of halogens is 1. The quantitative estimate of drug-likeness (QED) is 0.190. The van der Waals surface area contributed by atoms with Crippen LogP contribution in [0.3, 0.4) is 0 Å². The van der Waals surface area contributed by atoms with E-state index in [2.05, 4.69) is 17.4 Å².